The summed E-state index contributed by atoms with van der Waals surface area (Å²) in [7, 11) is 0. The van der Waals surface area contributed by atoms with Crippen molar-refractivity contribution < 1.29 is 28.6 Å². The maximum absolute atomic E-state index is 12.7. The lowest BCUT2D eigenvalue weighted by molar-refractivity contribution is -0.166. The molecule has 0 bridgehead atoms. The first kappa shape index (κ1) is 56.3. The van der Waals surface area contributed by atoms with E-state index in [2.05, 4.69) is 106 Å². The maximum Gasteiger partial charge on any atom is 0.306 e. The van der Waals surface area contributed by atoms with Crippen LogP contribution in [0.3, 0.4) is 0 Å². The van der Waals surface area contributed by atoms with Crippen LogP contribution in [0.1, 0.15) is 207 Å². The number of carbonyl (C=O) groups excluding carboxylic acids is 3. The van der Waals surface area contributed by atoms with Crippen LogP contribution in [0.4, 0.5) is 0 Å². The monoisotopic (exact) mass is 833 g/mol. The van der Waals surface area contributed by atoms with Crippen molar-refractivity contribution in [3.8, 4) is 0 Å². The van der Waals surface area contributed by atoms with Crippen LogP contribution < -0.4 is 0 Å². The van der Waals surface area contributed by atoms with Crippen LogP contribution in [0, 0.1) is 0 Å². The number of hydrogen-bond donors (Lipinski definition) is 0. The van der Waals surface area contributed by atoms with E-state index in [1.165, 1.54) is 70.6 Å². The number of unbranched alkanes of at least 4 members (excludes halogenated alkanes) is 15. The van der Waals surface area contributed by atoms with E-state index in [1.807, 2.05) is 12.2 Å². The molecule has 60 heavy (non-hydrogen) atoms. The van der Waals surface area contributed by atoms with Gasteiger partial charge < -0.3 is 14.2 Å². The zero-order chi connectivity index (χ0) is 43.7. The summed E-state index contributed by atoms with van der Waals surface area (Å²) in [6, 6.07) is 0. The van der Waals surface area contributed by atoms with Gasteiger partial charge in [-0.25, -0.2) is 0 Å². The van der Waals surface area contributed by atoms with E-state index in [-0.39, 0.29) is 37.5 Å². The molecular formula is C54H88O6. The van der Waals surface area contributed by atoms with Gasteiger partial charge in [0.1, 0.15) is 13.2 Å². The van der Waals surface area contributed by atoms with E-state index in [0.29, 0.717) is 19.3 Å². The van der Waals surface area contributed by atoms with Crippen LogP contribution >= 0.6 is 0 Å². The summed E-state index contributed by atoms with van der Waals surface area (Å²) in [6.07, 6.45) is 62.8. The van der Waals surface area contributed by atoms with E-state index >= 15 is 0 Å². The van der Waals surface area contributed by atoms with Crippen molar-refractivity contribution in [1.82, 2.24) is 0 Å². The highest BCUT2D eigenvalue weighted by molar-refractivity contribution is 5.71. The van der Waals surface area contributed by atoms with Gasteiger partial charge in [-0.05, 0) is 89.9 Å². The summed E-state index contributed by atoms with van der Waals surface area (Å²) in [5, 5.41) is 0. The Kier molecular flexibility index (Phi) is 45.1. The van der Waals surface area contributed by atoms with Crippen molar-refractivity contribution in [2.75, 3.05) is 13.2 Å². The molecule has 0 aliphatic rings. The summed E-state index contributed by atoms with van der Waals surface area (Å²) < 4.78 is 16.6. The normalized spacial score (nSPS) is 12.9. The predicted octanol–water partition coefficient (Wildman–Crippen LogP) is 15.8. The molecule has 0 aromatic heterocycles. The molecule has 0 radical (unpaired) electrons. The number of esters is 3. The van der Waals surface area contributed by atoms with E-state index < -0.39 is 6.10 Å². The van der Waals surface area contributed by atoms with Crippen LogP contribution in [-0.2, 0) is 28.6 Å². The fourth-order valence-corrected chi connectivity index (χ4v) is 6.20. The molecule has 0 saturated heterocycles. The molecule has 0 fully saturated rings. The third-order valence-corrected chi connectivity index (χ3v) is 9.84. The molecule has 0 saturated carbocycles. The molecule has 1 atom stereocenters. The summed E-state index contributed by atoms with van der Waals surface area (Å²) in [6.45, 7) is 6.34. The minimum Gasteiger partial charge on any atom is -0.462 e. The first-order chi connectivity index (χ1) is 29.5. The summed E-state index contributed by atoms with van der Waals surface area (Å²) in [4.78, 5) is 37.6. The third-order valence-electron chi connectivity index (χ3n) is 9.84. The van der Waals surface area contributed by atoms with Crippen LogP contribution in [0.25, 0.3) is 0 Å². The predicted molar refractivity (Wildman–Crippen MR) is 256 cm³/mol. The molecule has 0 spiro atoms. The molecule has 0 N–H and O–H groups in total. The molecule has 0 aromatic carbocycles. The third kappa shape index (κ3) is 45.4. The molecule has 0 aromatic rings. The Morgan fingerprint density at radius 1 is 0.350 bits per heavy atom. The minimum absolute atomic E-state index is 0.105. The minimum atomic E-state index is -0.809. The van der Waals surface area contributed by atoms with E-state index in [9.17, 15) is 14.4 Å². The Balaban J connectivity index is 4.39. The highest BCUT2D eigenvalue weighted by Crippen LogP contribution is 2.13. The summed E-state index contributed by atoms with van der Waals surface area (Å²) in [5.74, 6) is -1.02. The molecule has 0 rings (SSSR count). The van der Waals surface area contributed by atoms with Gasteiger partial charge in [0.15, 0.2) is 6.10 Å². The van der Waals surface area contributed by atoms with Crippen LogP contribution in [-0.4, -0.2) is 37.2 Å². The van der Waals surface area contributed by atoms with Crippen molar-refractivity contribution in [3.63, 3.8) is 0 Å². The van der Waals surface area contributed by atoms with Crippen molar-refractivity contribution in [3.05, 3.63) is 97.2 Å². The van der Waals surface area contributed by atoms with Gasteiger partial charge in [0, 0.05) is 19.3 Å². The van der Waals surface area contributed by atoms with Gasteiger partial charge in [-0.2, -0.15) is 0 Å². The lowest BCUT2D eigenvalue weighted by Gasteiger charge is -2.18. The molecule has 0 aliphatic heterocycles. The summed E-state index contributed by atoms with van der Waals surface area (Å²) in [5.41, 5.74) is 0. The standard InChI is InChI=1S/C54H88O6/c1-4-7-10-13-16-18-20-22-24-26-27-29-30-32-34-36-38-41-44-47-53(56)59-50-51(49-58-52(55)46-43-40-15-12-9-6-3)60-54(57)48-45-42-39-37-35-33-31-28-25-23-21-19-17-14-11-8-5-2/h7,10,16-19,22-25,27,29,32,34,38,41,51H,4-6,8-9,11-15,20-21,26,28,30-31,33,35-37,39-40,42-50H2,1-3H3/b10-7-,18-16-,19-17-,24-22-,25-23-,29-27-,34-32-,41-38-. The second kappa shape index (κ2) is 48.0. The smallest absolute Gasteiger partial charge is 0.306 e. The second-order valence-corrected chi connectivity index (χ2v) is 15.6. The average molecular weight is 833 g/mol. The van der Waals surface area contributed by atoms with Crippen molar-refractivity contribution >= 4 is 17.9 Å². The molecule has 0 amide bonds. The number of carbonyl (C=O) groups is 3. The Morgan fingerprint density at radius 3 is 1.15 bits per heavy atom. The quantitative estimate of drug-likeness (QED) is 0.0264. The van der Waals surface area contributed by atoms with Crippen LogP contribution in [0.5, 0.6) is 0 Å². The molecule has 0 aliphatic carbocycles. The second-order valence-electron chi connectivity index (χ2n) is 15.6. The van der Waals surface area contributed by atoms with E-state index in [0.717, 1.165) is 89.9 Å². The zero-order valence-corrected chi connectivity index (χ0v) is 38.7. The van der Waals surface area contributed by atoms with Gasteiger partial charge in [-0.15, -0.1) is 0 Å². The zero-order valence-electron chi connectivity index (χ0n) is 38.7. The molecule has 6 heteroatoms. The Bertz CT molecular complexity index is 1230. The molecule has 1 unspecified atom stereocenters. The van der Waals surface area contributed by atoms with Gasteiger partial charge in [0.25, 0.3) is 0 Å². The van der Waals surface area contributed by atoms with Crippen LogP contribution in [0.15, 0.2) is 97.2 Å². The maximum atomic E-state index is 12.7. The topological polar surface area (TPSA) is 78.9 Å². The largest absolute Gasteiger partial charge is 0.462 e. The van der Waals surface area contributed by atoms with Gasteiger partial charge in [-0.3, -0.25) is 14.4 Å². The van der Waals surface area contributed by atoms with Gasteiger partial charge in [-0.1, -0.05) is 195 Å². The molecule has 340 valence electrons. The molecular weight excluding hydrogens is 745 g/mol. The SMILES string of the molecule is CC/C=C\C/C=C\C/C=C\C/C=C\C/C=C\C/C=C\CCC(=O)OCC(COC(=O)CCCCCCCC)OC(=O)CCCCCCCCC/C=C\C/C=C\CCCCC. The lowest BCUT2D eigenvalue weighted by Crippen LogP contribution is -2.30. The van der Waals surface area contributed by atoms with E-state index in [4.69, 9.17) is 14.2 Å². The van der Waals surface area contributed by atoms with Gasteiger partial charge in [0.05, 0.1) is 0 Å². The Hall–Kier alpha value is -3.67. The first-order valence-corrected chi connectivity index (χ1v) is 24.2. The molecule has 6 nitrogen and oxygen atoms in total. The number of hydrogen-bond acceptors (Lipinski definition) is 6. The highest BCUT2D eigenvalue weighted by atomic mass is 16.6. The fourth-order valence-electron chi connectivity index (χ4n) is 6.20. The summed E-state index contributed by atoms with van der Waals surface area (Å²) >= 11 is 0. The molecule has 0 heterocycles. The Morgan fingerprint density at radius 2 is 0.683 bits per heavy atom. The first-order valence-electron chi connectivity index (χ1n) is 24.2. The van der Waals surface area contributed by atoms with Crippen molar-refractivity contribution in [2.24, 2.45) is 0 Å². The average Bonchev–Trinajstić information content (AvgIpc) is 3.24. The van der Waals surface area contributed by atoms with Gasteiger partial charge >= 0.3 is 17.9 Å². The Labute approximate surface area is 368 Å². The highest BCUT2D eigenvalue weighted by Gasteiger charge is 2.19. The number of allylic oxidation sites excluding steroid dienone is 16. The van der Waals surface area contributed by atoms with Crippen molar-refractivity contribution in [1.29, 1.82) is 0 Å². The fraction of sp³-hybridized carbons (Fsp3) is 0.648. The van der Waals surface area contributed by atoms with E-state index in [1.54, 1.807) is 0 Å². The van der Waals surface area contributed by atoms with Crippen LogP contribution in [0.2, 0.25) is 0 Å². The van der Waals surface area contributed by atoms with Crippen molar-refractivity contribution in [2.45, 2.75) is 213 Å². The number of rotatable bonds is 42. The van der Waals surface area contributed by atoms with Gasteiger partial charge in [0.2, 0.25) is 0 Å². The lowest BCUT2D eigenvalue weighted by atomic mass is 10.1. The number of ether oxygens (including phenoxy) is 3.